The van der Waals surface area contributed by atoms with E-state index in [1.54, 1.807) is 0 Å². The third-order valence-electron chi connectivity index (χ3n) is 6.78. The van der Waals surface area contributed by atoms with Crippen LogP contribution in [0.2, 0.25) is 5.04 Å². The van der Waals surface area contributed by atoms with Gasteiger partial charge in [-0.2, -0.15) is 8.42 Å². The number of esters is 1. The molecule has 0 aliphatic heterocycles. The van der Waals surface area contributed by atoms with Crippen molar-refractivity contribution in [3.63, 3.8) is 0 Å². The van der Waals surface area contributed by atoms with Gasteiger partial charge in [0.2, 0.25) is 0 Å². The zero-order chi connectivity index (χ0) is 25.1. The minimum absolute atomic E-state index is 0.239. The number of hydrogen-bond donors (Lipinski definition) is 0. The lowest BCUT2D eigenvalue weighted by atomic mass is 9.79. The normalized spacial score (nSPS) is 23.9. The van der Waals surface area contributed by atoms with Crippen molar-refractivity contribution in [2.24, 2.45) is 11.8 Å². The molecule has 0 bridgehead atoms. The Bertz CT molecular complexity index is 1030. The fraction of sp³-hybridized carbons (Fsp3) is 0.500. The molecule has 1 aliphatic carbocycles. The van der Waals surface area contributed by atoms with Crippen molar-refractivity contribution in [2.75, 3.05) is 13.4 Å². The molecule has 1 aliphatic rings. The van der Waals surface area contributed by atoms with Gasteiger partial charge in [-0.05, 0) is 28.3 Å². The van der Waals surface area contributed by atoms with Crippen LogP contribution in [0, 0.1) is 11.8 Å². The summed E-state index contributed by atoms with van der Waals surface area (Å²) in [5, 5.41) is 2.00. The molecule has 0 spiro atoms. The van der Waals surface area contributed by atoms with E-state index in [4.69, 9.17) is 13.3 Å². The molecule has 0 radical (unpaired) electrons. The highest BCUT2D eigenvalue weighted by atomic mass is 32.2. The van der Waals surface area contributed by atoms with Gasteiger partial charge in [0.15, 0.2) is 0 Å². The summed E-state index contributed by atoms with van der Waals surface area (Å²) in [5.41, 5.74) is 0. The molecule has 0 saturated heterocycles. The van der Waals surface area contributed by atoms with Crippen LogP contribution in [0.25, 0.3) is 0 Å². The molecule has 0 heterocycles. The van der Waals surface area contributed by atoms with Crippen LogP contribution < -0.4 is 10.4 Å². The fourth-order valence-corrected chi connectivity index (χ4v) is 10.6. The van der Waals surface area contributed by atoms with Gasteiger partial charge < -0.3 is 9.16 Å². The minimum Gasteiger partial charge on any atom is -0.469 e. The van der Waals surface area contributed by atoms with Gasteiger partial charge in [0.05, 0.1) is 31.5 Å². The van der Waals surface area contributed by atoms with Crippen LogP contribution in [0.3, 0.4) is 0 Å². The molecule has 2 aromatic carbocycles. The lowest BCUT2D eigenvalue weighted by Gasteiger charge is -2.48. The van der Waals surface area contributed by atoms with Crippen molar-refractivity contribution in [1.82, 2.24) is 0 Å². The Morgan fingerprint density at radius 1 is 0.912 bits per heavy atom. The van der Waals surface area contributed by atoms with Crippen LogP contribution in [0.5, 0.6) is 0 Å². The summed E-state index contributed by atoms with van der Waals surface area (Å²) in [6, 6.07) is 20.5. The number of rotatable bonds is 7. The maximum absolute atomic E-state index is 12.6. The third-order valence-corrected chi connectivity index (χ3v) is 12.4. The molecule has 0 aromatic heterocycles. The van der Waals surface area contributed by atoms with Gasteiger partial charge in [-0.1, -0.05) is 88.4 Å². The van der Waals surface area contributed by atoms with Crippen molar-refractivity contribution >= 4 is 34.8 Å². The van der Waals surface area contributed by atoms with Crippen molar-refractivity contribution < 1.29 is 26.6 Å². The molecule has 34 heavy (non-hydrogen) atoms. The highest BCUT2D eigenvalue weighted by Crippen LogP contribution is 2.42. The van der Waals surface area contributed by atoms with Crippen LogP contribution in [-0.4, -0.2) is 48.3 Å². The molecule has 6 nitrogen and oxygen atoms in total. The molecule has 1 saturated carbocycles. The Balaban J connectivity index is 2.14. The van der Waals surface area contributed by atoms with E-state index in [-0.39, 0.29) is 23.3 Å². The predicted molar refractivity (Wildman–Crippen MR) is 136 cm³/mol. The third kappa shape index (κ3) is 5.62. The fourth-order valence-electron chi connectivity index (χ4n) is 5.11. The molecule has 3 rings (SSSR count). The summed E-state index contributed by atoms with van der Waals surface area (Å²) in [4.78, 5) is 12.6. The summed E-state index contributed by atoms with van der Waals surface area (Å²) in [5.74, 6) is -1.11. The highest BCUT2D eigenvalue weighted by Gasteiger charge is 2.54. The van der Waals surface area contributed by atoms with E-state index in [1.807, 2.05) is 43.3 Å². The number of carbonyl (C=O) groups is 1. The first kappa shape index (κ1) is 26.6. The van der Waals surface area contributed by atoms with Gasteiger partial charge >= 0.3 is 5.97 Å². The quantitative estimate of drug-likeness (QED) is 0.326. The van der Waals surface area contributed by atoms with Gasteiger partial charge in [0.25, 0.3) is 18.4 Å². The first-order valence-electron chi connectivity index (χ1n) is 11.6. The van der Waals surface area contributed by atoms with Crippen LogP contribution in [0.1, 0.15) is 40.5 Å². The highest BCUT2D eigenvalue weighted by molar-refractivity contribution is 7.86. The standard InChI is InChI=1S/C26H36O6SSi/c1-19-23(31-33(6,28)29)17-20(25(27)30-5)18-24(19)32-34(26(2,3)4,21-13-9-7-10-14-21)22-15-11-8-12-16-22/h7-16,19-20,23-24H,17-18H2,1-6H3/t19-,20+,23-,24-/m1/s1. The largest absolute Gasteiger partial charge is 0.469 e. The van der Waals surface area contributed by atoms with E-state index in [2.05, 4.69) is 45.0 Å². The number of methoxy groups -OCH3 is 1. The van der Waals surface area contributed by atoms with Gasteiger partial charge in [-0.3, -0.25) is 8.98 Å². The molecule has 4 atom stereocenters. The summed E-state index contributed by atoms with van der Waals surface area (Å²) in [7, 11) is -5.26. The Labute approximate surface area is 204 Å². The molecular weight excluding hydrogens is 468 g/mol. The van der Waals surface area contributed by atoms with Crippen molar-refractivity contribution in [3.05, 3.63) is 60.7 Å². The van der Waals surface area contributed by atoms with E-state index < -0.39 is 36.6 Å². The molecule has 0 N–H and O–H groups in total. The summed E-state index contributed by atoms with van der Waals surface area (Å²) >= 11 is 0. The predicted octanol–water partition coefficient (Wildman–Crippen LogP) is 3.50. The van der Waals surface area contributed by atoms with E-state index in [1.165, 1.54) is 7.11 Å². The van der Waals surface area contributed by atoms with Crippen LogP contribution in [0.15, 0.2) is 60.7 Å². The maximum atomic E-state index is 12.6. The van der Waals surface area contributed by atoms with Crippen molar-refractivity contribution in [3.8, 4) is 0 Å². The molecule has 2 aromatic rings. The van der Waals surface area contributed by atoms with E-state index >= 15 is 0 Å². The minimum atomic E-state index is -3.71. The van der Waals surface area contributed by atoms with Gasteiger partial charge in [0, 0.05) is 5.92 Å². The first-order chi connectivity index (χ1) is 15.9. The molecule has 0 unspecified atom stereocenters. The average Bonchev–Trinajstić information content (AvgIpc) is 2.78. The van der Waals surface area contributed by atoms with Gasteiger partial charge in [-0.25, -0.2) is 0 Å². The number of carbonyl (C=O) groups excluding carboxylic acids is 1. The Kier molecular flexibility index (Phi) is 8.07. The van der Waals surface area contributed by atoms with E-state index in [9.17, 15) is 13.2 Å². The number of benzene rings is 2. The molecule has 186 valence electrons. The molecular formula is C26H36O6SSi. The van der Waals surface area contributed by atoms with Crippen LogP contribution in [-0.2, 0) is 28.3 Å². The second kappa shape index (κ2) is 10.3. The molecule has 0 amide bonds. The Morgan fingerprint density at radius 3 is 1.79 bits per heavy atom. The zero-order valence-corrected chi connectivity index (χ0v) is 22.7. The SMILES string of the molecule is COC(=O)[C@@H]1C[C@@H](O[Si](c2ccccc2)(c2ccccc2)C(C)(C)C)[C@H](C)[C@H](OS(C)(=O)=O)C1. The number of ether oxygens (including phenoxy) is 1. The summed E-state index contributed by atoms with van der Waals surface area (Å²) < 4.78 is 41.8. The molecule has 1 fully saturated rings. The smallest absolute Gasteiger partial charge is 0.308 e. The lowest BCUT2D eigenvalue weighted by Crippen LogP contribution is -2.68. The first-order valence-corrected chi connectivity index (χ1v) is 15.4. The van der Waals surface area contributed by atoms with Crippen molar-refractivity contribution in [2.45, 2.75) is 57.8 Å². The Morgan fingerprint density at radius 2 is 1.38 bits per heavy atom. The second-order valence-corrected chi connectivity index (χ2v) is 16.1. The van der Waals surface area contributed by atoms with Crippen molar-refractivity contribution in [1.29, 1.82) is 0 Å². The van der Waals surface area contributed by atoms with Crippen LogP contribution >= 0.6 is 0 Å². The van der Waals surface area contributed by atoms with E-state index in [0.717, 1.165) is 16.6 Å². The topological polar surface area (TPSA) is 78.9 Å². The summed E-state index contributed by atoms with van der Waals surface area (Å²) in [6.07, 6.45) is 0.704. The van der Waals surface area contributed by atoms with Crippen LogP contribution in [0.4, 0.5) is 0 Å². The average molecular weight is 505 g/mol. The monoisotopic (exact) mass is 504 g/mol. The van der Waals surface area contributed by atoms with Gasteiger partial charge in [0.1, 0.15) is 0 Å². The molecule has 8 heteroatoms. The van der Waals surface area contributed by atoms with E-state index in [0.29, 0.717) is 6.42 Å². The Hall–Kier alpha value is -2.00. The lowest BCUT2D eigenvalue weighted by molar-refractivity contribution is -0.150. The summed E-state index contributed by atoms with van der Waals surface area (Å²) in [6.45, 7) is 8.52. The van der Waals surface area contributed by atoms with Gasteiger partial charge in [-0.15, -0.1) is 0 Å². The second-order valence-electron chi connectivity index (χ2n) is 10.2. The number of hydrogen-bond acceptors (Lipinski definition) is 6. The zero-order valence-electron chi connectivity index (χ0n) is 20.9. The maximum Gasteiger partial charge on any atom is 0.308 e.